The summed E-state index contributed by atoms with van der Waals surface area (Å²) < 4.78 is 0. The lowest BCUT2D eigenvalue weighted by Crippen LogP contribution is -1.95. The molecule has 3 N–H and O–H groups in total. The van der Waals surface area contributed by atoms with Gasteiger partial charge in [-0.2, -0.15) is 0 Å². The standard InChI is InChI=1S/C16H17N3/c1-2-11-6-7-14-15(9-11)19-16(18-14)13-5-3-4-12(8-13)10-17/h3-9H,2,10,17H2,1H3,(H,18,19). The SMILES string of the molecule is CCc1ccc2nc(-c3cccc(CN)c3)[nH]c2c1. The average Bonchev–Trinajstić information content (AvgIpc) is 2.90. The Morgan fingerprint density at radius 3 is 2.79 bits per heavy atom. The summed E-state index contributed by atoms with van der Waals surface area (Å²) in [4.78, 5) is 8.02. The van der Waals surface area contributed by atoms with Crippen LogP contribution in [0.5, 0.6) is 0 Å². The summed E-state index contributed by atoms with van der Waals surface area (Å²) in [6.45, 7) is 2.71. The Kier molecular flexibility index (Phi) is 3.05. The molecule has 0 aliphatic rings. The molecule has 19 heavy (non-hydrogen) atoms. The number of benzene rings is 2. The maximum atomic E-state index is 5.68. The highest BCUT2D eigenvalue weighted by Gasteiger charge is 2.06. The molecule has 3 aromatic rings. The number of rotatable bonds is 3. The summed E-state index contributed by atoms with van der Waals surface area (Å²) in [5.41, 5.74) is 11.3. The maximum Gasteiger partial charge on any atom is 0.138 e. The molecule has 0 saturated carbocycles. The largest absolute Gasteiger partial charge is 0.338 e. The van der Waals surface area contributed by atoms with Gasteiger partial charge in [-0.3, -0.25) is 0 Å². The lowest BCUT2D eigenvalue weighted by Gasteiger charge is -1.99. The van der Waals surface area contributed by atoms with E-state index in [0.717, 1.165) is 34.4 Å². The van der Waals surface area contributed by atoms with Crippen molar-refractivity contribution in [3.8, 4) is 11.4 Å². The average molecular weight is 251 g/mol. The van der Waals surface area contributed by atoms with Crippen molar-refractivity contribution in [1.82, 2.24) is 9.97 Å². The van der Waals surface area contributed by atoms with Gasteiger partial charge in [0.2, 0.25) is 0 Å². The summed E-state index contributed by atoms with van der Waals surface area (Å²) in [6, 6.07) is 14.5. The van der Waals surface area contributed by atoms with E-state index < -0.39 is 0 Å². The predicted octanol–water partition coefficient (Wildman–Crippen LogP) is 3.25. The number of imidazole rings is 1. The number of nitrogens with zero attached hydrogens (tertiary/aromatic N) is 1. The lowest BCUT2D eigenvalue weighted by molar-refractivity contribution is 1.07. The molecule has 0 amide bonds. The van der Waals surface area contributed by atoms with Crippen LogP contribution in [0.2, 0.25) is 0 Å². The van der Waals surface area contributed by atoms with Crippen molar-refractivity contribution in [2.75, 3.05) is 0 Å². The molecule has 0 aliphatic heterocycles. The van der Waals surface area contributed by atoms with Gasteiger partial charge in [-0.25, -0.2) is 4.98 Å². The Morgan fingerprint density at radius 1 is 1.11 bits per heavy atom. The highest BCUT2D eigenvalue weighted by atomic mass is 14.9. The van der Waals surface area contributed by atoms with E-state index in [1.807, 2.05) is 12.1 Å². The number of H-pyrrole nitrogens is 1. The molecule has 3 nitrogen and oxygen atoms in total. The predicted molar refractivity (Wildman–Crippen MR) is 78.8 cm³/mol. The summed E-state index contributed by atoms with van der Waals surface area (Å²) >= 11 is 0. The molecule has 96 valence electrons. The minimum absolute atomic E-state index is 0.550. The summed E-state index contributed by atoms with van der Waals surface area (Å²) in [6.07, 6.45) is 1.03. The molecular weight excluding hydrogens is 234 g/mol. The van der Waals surface area contributed by atoms with Gasteiger partial charge in [0.1, 0.15) is 5.82 Å². The molecule has 1 heterocycles. The third-order valence-electron chi connectivity index (χ3n) is 3.39. The quantitative estimate of drug-likeness (QED) is 0.750. The normalized spacial score (nSPS) is 11.1. The van der Waals surface area contributed by atoms with Gasteiger partial charge in [0.25, 0.3) is 0 Å². The van der Waals surface area contributed by atoms with Crippen molar-refractivity contribution in [2.45, 2.75) is 19.9 Å². The van der Waals surface area contributed by atoms with Gasteiger partial charge < -0.3 is 10.7 Å². The zero-order valence-electron chi connectivity index (χ0n) is 11.0. The molecule has 1 aromatic heterocycles. The number of hydrogen-bond acceptors (Lipinski definition) is 2. The first kappa shape index (κ1) is 11.9. The molecule has 0 saturated heterocycles. The van der Waals surface area contributed by atoms with Crippen molar-refractivity contribution in [2.24, 2.45) is 5.73 Å². The van der Waals surface area contributed by atoms with Crippen LogP contribution >= 0.6 is 0 Å². The van der Waals surface area contributed by atoms with Crippen LogP contribution < -0.4 is 5.73 Å². The Hall–Kier alpha value is -2.13. The Bertz CT molecular complexity index is 713. The van der Waals surface area contributed by atoms with E-state index in [4.69, 9.17) is 5.73 Å². The number of nitrogens with two attached hydrogens (primary N) is 1. The number of aromatic nitrogens is 2. The third-order valence-corrected chi connectivity index (χ3v) is 3.39. The minimum atomic E-state index is 0.550. The number of fused-ring (bicyclic) bond motifs is 1. The zero-order valence-corrected chi connectivity index (χ0v) is 11.0. The zero-order chi connectivity index (χ0) is 13.2. The van der Waals surface area contributed by atoms with Crippen molar-refractivity contribution < 1.29 is 0 Å². The molecule has 0 aliphatic carbocycles. The molecule has 0 atom stereocenters. The Labute approximate surface area is 112 Å². The molecular formula is C16H17N3. The fraction of sp³-hybridized carbons (Fsp3) is 0.188. The van der Waals surface area contributed by atoms with E-state index in [0.29, 0.717) is 6.54 Å². The Balaban J connectivity index is 2.09. The molecule has 0 fully saturated rings. The van der Waals surface area contributed by atoms with Crippen molar-refractivity contribution in [1.29, 1.82) is 0 Å². The molecule has 3 heteroatoms. The van der Waals surface area contributed by atoms with E-state index in [9.17, 15) is 0 Å². The number of hydrogen-bond donors (Lipinski definition) is 2. The van der Waals surface area contributed by atoms with Crippen molar-refractivity contribution in [3.05, 3.63) is 53.6 Å². The molecule has 0 unspecified atom stereocenters. The lowest BCUT2D eigenvalue weighted by atomic mass is 10.1. The molecule has 0 spiro atoms. The van der Waals surface area contributed by atoms with Gasteiger partial charge in [0, 0.05) is 12.1 Å². The van der Waals surface area contributed by atoms with Crippen LogP contribution in [0.15, 0.2) is 42.5 Å². The van der Waals surface area contributed by atoms with Gasteiger partial charge in [0.15, 0.2) is 0 Å². The third kappa shape index (κ3) is 2.25. The van der Waals surface area contributed by atoms with E-state index in [1.165, 1.54) is 5.56 Å². The van der Waals surface area contributed by atoms with E-state index in [1.54, 1.807) is 0 Å². The van der Waals surface area contributed by atoms with Crippen LogP contribution in [0.1, 0.15) is 18.1 Å². The van der Waals surface area contributed by atoms with Gasteiger partial charge in [-0.05, 0) is 35.7 Å². The van der Waals surface area contributed by atoms with Crippen molar-refractivity contribution in [3.63, 3.8) is 0 Å². The molecule has 2 aromatic carbocycles. The van der Waals surface area contributed by atoms with Crippen LogP contribution in [-0.4, -0.2) is 9.97 Å². The Morgan fingerprint density at radius 2 is 2.00 bits per heavy atom. The molecule has 0 bridgehead atoms. The first-order chi connectivity index (χ1) is 9.30. The fourth-order valence-electron chi connectivity index (χ4n) is 2.26. The molecule has 3 rings (SSSR count). The number of aromatic amines is 1. The summed E-state index contributed by atoms with van der Waals surface area (Å²) in [5, 5.41) is 0. The van der Waals surface area contributed by atoms with Gasteiger partial charge in [0.05, 0.1) is 11.0 Å². The van der Waals surface area contributed by atoms with Crippen LogP contribution in [0.25, 0.3) is 22.4 Å². The van der Waals surface area contributed by atoms with Crippen LogP contribution in [0, 0.1) is 0 Å². The first-order valence-electron chi connectivity index (χ1n) is 6.58. The van der Waals surface area contributed by atoms with Crippen LogP contribution in [-0.2, 0) is 13.0 Å². The second kappa shape index (κ2) is 4.86. The first-order valence-corrected chi connectivity index (χ1v) is 6.58. The van der Waals surface area contributed by atoms with E-state index in [2.05, 4.69) is 47.2 Å². The second-order valence-electron chi connectivity index (χ2n) is 4.69. The number of aryl methyl sites for hydroxylation is 1. The topological polar surface area (TPSA) is 54.7 Å². The maximum absolute atomic E-state index is 5.68. The fourth-order valence-corrected chi connectivity index (χ4v) is 2.26. The summed E-state index contributed by atoms with van der Waals surface area (Å²) in [7, 11) is 0. The number of nitrogens with one attached hydrogen (secondary N) is 1. The van der Waals surface area contributed by atoms with E-state index >= 15 is 0 Å². The highest BCUT2D eigenvalue weighted by molar-refractivity contribution is 5.80. The second-order valence-corrected chi connectivity index (χ2v) is 4.69. The smallest absolute Gasteiger partial charge is 0.138 e. The van der Waals surface area contributed by atoms with Crippen LogP contribution in [0.3, 0.4) is 0 Å². The monoisotopic (exact) mass is 251 g/mol. The van der Waals surface area contributed by atoms with Crippen LogP contribution in [0.4, 0.5) is 0 Å². The minimum Gasteiger partial charge on any atom is -0.338 e. The summed E-state index contributed by atoms with van der Waals surface area (Å²) in [5.74, 6) is 0.901. The van der Waals surface area contributed by atoms with Gasteiger partial charge in [-0.1, -0.05) is 31.2 Å². The highest BCUT2D eigenvalue weighted by Crippen LogP contribution is 2.22. The molecule has 0 radical (unpaired) electrons. The van der Waals surface area contributed by atoms with Gasteiger partial charge in [-0.15, -0.1) is 0 Å². The van der Waals surface area contributed by atoms with E-state index in [-0.39, 0.29) is 0 Å². The van der Waals surface area contributed by atoms with Crippen molar-refractivity contribution >= 4 is 11.0 Å². The van der Waals surface area contributed by atoms with Gasteiger partial charge >= 0.3 is 0 Å².